The Morgan fingerprint density at radius 3 is 2.67 bits per heavy atom. The monoisotopic (exact) mass is 343 g/mol. The third-order valence-corrected chi connectivity index (χ3v) is 4.96. The highest BCUT2D eigenvalue weighted by Gasteiger charge is 2.41. The molecule has 3 heterocycles. The molecule has 1 fully saturated rings. The number of halogens is 1. The van der Waals surface area contributed by atoms with E-state index < -0.39 is 0 Å². The summed E-state index contributed by atoms with van der Waals surface area (Å²) in [6, 6.07) is 11.8. The summed E-state index contributed by atoms with van der Waals surface area (Å²) in [5, 5.41) is 9.37. The van der Waals surface area contributed by atoms with Crippen molar-refractivity contribution in [3.63, 3.8) is 0 Å². The summed E-state index contributed by atoms with van der Waals surface area (Å²) in [5.74, 6) is 1.16. The first-order valence-corrected chi connectivity index (χ1v) is 8.36. The molecule has 0 radical (unpaired) electrons. The first-order chi connectivity index (χ1) is 11.7. The van der Waals surface area contributed by atoms with E-state index in [2.05, 4.69) is 16.3 Å². The average molecular weight is 344 g/mol. The van der Waals surface area contributed by atoms with Crippen LogP contribution in [0.15, 0.2) is 47.0 Å². The maximum atomic E-state index is 6.22. The fraction of sp³-hybridized carbons (Fsp3) is 0.333. The molecule has 1 aliphatic heterocycles. The number of aromatic nitrogens is 3. The van der Waals surface area contributed by atoms with Gasteiger partial charge >= 0.3 is 0 Å². The van der Waals surface area contributed by atoms with Crippen LogP contribution >= 0.6 is 11.6 Å². The van der Waals surface area contributed by atoms with Crippen LogP contribution in [-0.2, 0) is 17.2 Å². The summed E-state index contributed by atoms with van der Waals surface area (Å²) in [6.45, 7) is 1.32. The van der Waals surface area contributed by atoms with Crippen LogP contribution in [0.3, 0.4) is 0 Å². The van der Waals surface area contributed by atoms with E-state index in [1.165, 1.54) is 0 Å². The van der Waals surface area contributed by atoms with Crippen LogP contribution in [0, 0.1) is 0 Å². The quantitative estimate of drug-likeness (QED) is 0.725. The van der Waals surface area contributed by atoms with E-state index >= 15 is 0 Å². The average Bonchev–Trinajstić information content (AvgIpc) is 3.24. The molecule has 0 saturated carbocycles. The second-order valence-corrected chi connectivity index (χ2v) is 6.56. The van der Waals surface area contributed by atoms with Crippen LogP contribution in [0.2, 0.25) is 5.02 Å². The zero-order valence-corrected chi connectivity index (χ0v) is 14.2. The zero-order chi connectivity index (χ0) is 16.6. The lowest BCUT2D eigenvalue weighted by Gasteiger charge is -2.34. The highest BCUT2D eigenvalue weighted by Crippen LogP contribution is 2.41. The molecule has 4 rings (SSSR count). The van der Waals surface area contributed by atoms with Crippen LogP contribution in [0.5, 0.6) is 0 Å². The molecule has 6 heteroatoms. The van der Waals surface area contributed by atoms with E-state index in [4.69, 9.17) is 20.8 Å². The van der Waals surface area contributed by atoms with E-state index in [1.54, 1.807) is 0 Å². The van der Waals surface area contributed by atoms with E-state index in [1.807, 2.05) is 48.1 Å². The number of hydrogen-bond donors (Lipinski definition) is 0. The van der Waals surface area contributed by atoms with Crippen molar-refractivity contribution in [2.75, 3.05) is 13.2 Å². The van der Waals surface area contributed by atoms with Crippen molar-refractivity contribution >= 4 is 11.6 Å². The molecule has 0 spiro atoms. The Morgan fingerprint density at radius 1 is 1.12 bits per heavy atom. The van der Waals surface area contributed by atoms with Gasteiger partial charge in [0.15, 0.2) is 0 Å². The second-order valence-electron chi connectivity index (χ2n) is 6.12. The molecule has 2 aromatic heterocycles. The Morgan fingerprint density at radius 2 is 1.96 bits per heavy atom. The molecule has 124 valence electrons. The molecule has 0 N–H and O–H groups in total. The third-order valence-electron chi connectivity index (χ3n) is 4.72. The molecular formula is C18H18ClN3O2. The SMILES string of the molecule is Cn1cccc1-c1nnc(C2(c3cccc(Cl)c3)CCOCC2)o1. The van der Waals surface area contributed by atoms with E-state index in [9.17, 15) is 0 Å². The third kappa shape index (κ3) is 2.54. The summed E-state index contributed by atoms with van der Waals surface area (Å²) in [4.78, 5) is 0. The minimum absolute atomic E-state index is 0.348. The minimum atomic E-state index is -0.348. The summed E-state index contributed by atoms with van der Waals surface area (Å²) >= 11 is 6.22. The molecule has 0 atom stereocenters. The minimum Gasteiger partial charge on any atom is -0.418 e. The Bertz CT molecular complexity index is 849. The largest absolute Gasteiger partial charge is 0.418 e. The van der Waals surface area contributed by atoms with Crippen molar-refractivity contribution in [2.24, 2.45) is 7.05 Å². The van der Waals surface area contributed by atoms with E-state index in [0.29, 0.717) is 30.0 Å². The van der Waals surface area contributed by atoms with Gasteiger partial charge in [-0.3, -0.25) is 0 Å². The highest BCUT2D eigenvalue weighted by atomic mass is 35.5. The topological polar surface area (TPSA) is 53.1 Å². The van der Waals surface area contributed by atoms with Gasteiger partial charge in [-0.2, -0.15) is 0 Å². The van der Waals surface area contributed by atoms with Gasteiger partial charge in [0, 0.05) is 31.5 Å². The summed E-state index contributed by atoms with van der Waals surface area (Å²) < 4.78 is 13.6. The fourth-order valence-corrected chi connectivity index (χ4v) is 3.53. The molecule has 1 aromatic carbocycles. The maximum absolute atomic E-state index is 6.22. The highest BCUT2D eigenvalue weighted by molar-refractivity contribution is 6.30. The molecule has 0 unspecified atom stereocenters. The van der Waals surface area contributed by atoms with Crippen LogP contribution in [0.1, 0.15) is 24.3 Å². The lowest BCUT2D eigenvalue weighted by atomic mass is 9.74. The van der Waals surface area contributed by atoms with Crippen LogP contribution < -0.4 is 0 Å². The van der Waals surface area contributed by atoms with Crippen LogP contribution in [0.25, 0.3) is 11.6 Å². The van der Waals surface area contributed by atoms with Crippen molar-refractivity contribution in [2.45, 2.75) is 18.3 Å². The van der Waals surface area contributed by atoms with Gasteiger partial charge in [-0.1, -0.05) is 23.7 Å². The number of aryl methyl sites for hydroxylation is 1. The van der Waals surface area contributed by atoms with Crippen molar-refractivity contribution in [1.82, 2.24) is 14.8 Å². The Balaban J connectivity index is 1.80. The zero-order valence-electron chi connectivity index (χ0n) is 13.4. The van der Waals surface area contributed by atoms with Gasteiger partial charge in [0.05, 0.1) is 5.41 Å². The Hall–Kier alpha value is -2.11. The normalized spacial score (nSPS) is 17.1. The Kier molecular flexibility index (Phi) is 3.90. The predicted octanol–water partition coefficient (Wildman–Crippen LogP) is 3.83. The smallest absolute Gasteiger partial charge is 0.264 e. The van der Waals surface area contributed by atoms with E-state index in [0.717, 1.165) is 24.1 Å². The molecule has 3 aromatic rings. The lowest BCUT2D eigenvalue weighted by molar-refractivity contribution is 0.0546. The fourth-order valence-electron chi connectivity index (χ4n) is 3.34. The maximum Gasteiger partial charge on any atom is 0.264 e. The lowest BCUT2D eigenvalue weighted by Crippen LogP contribution is -2.35. The molecule has 1 aliphatic rings. The number of rotatable bonds is 3. The molecule has 1 saturated heterocycles. The molecule has 0 amide bonds. The molecule has 0 bridgehead atoms. The van der Waals surface area contributed by atoms with Gasteiger partial charge in [-0.05, 0) is 42.7 Å². The predicted molar refractivity (Wildman–Crippen MR) is 91.0 cm³/mol. The van der Waals surface area contributed by atoms with Gasteiger partial charge in [0.2, 0.25) is 5.89 Å². The number of nitrogens with zero attached hydrogens (tertiary/aromatic N) is 3. The van der Waals surface area contributed by atoms with Crippen molar-refractivity contribution in [3.05, 3.63) is 59.1 Å². The molecule has 24 heavy (non-hydrogen) atoms. The van der Waals surface area contributed by atoms with Crippen LogP contribution in [-0.4, -0.2) is 28.0 Å². The summed E-state index contributed by atoms with van der Waals surface area (Å²) in [7, 11) is 1.96. The van der Waals surface area contributed by atoms with E-state index in [-0.39, 0.29) is 5.41 Å². The number of hydrogen-bond acceptors (Lipinski definition) is 4. The van der Waals surface area contributed by atoms with Crippen molar-refractivity contribution in [3.8, 4) is 11.6 Å². The summed E-state index contributed by atoms with van der Waals surface area (Å²) in [5.41, 5.74) is 1.65. The number of benzene rings is 1. The van der Waals surface area contributed by atoms with Crippen molar-refractivity contribution in [1.29, 1.82) is 0 Å². The molecule has 0 aliphatic carbocycles. The Labute approximate surface area is 145 Å². The van der Waals surface area contributed by atoms with Crippen molar-refractivity contribution < 1.29 is 9.15 Å². The second kappa shape index (κ2) is 6.07. The molecular weight excluding hydrogens is 326 g/mol. The van der Waals surface area contributed by atoms with Crippen LogP contribution in [0.4, 0.5) is 0 Å². The first-order valence-electron chi connectivity index (χ1n) is 7.98. The first kappa shape index (κ1) is 15.4. The standard InChI is InChI=1S/C18H18ClN3O2/c1-22-9-3-6-15(22)16-20-21-17(24-16)18(7-10-23-11-8-18)13-4-2-5-14(19)12-13/h2-6,9,12H,7-8,10-11H2,1H3. The van der Waals surface area contributed by atoms with Gasteiger partial charge < -0.3 is 13.7 Å². The van der Waals surface area contributed by atoms with Gasteiger partial charge in [0.25, 0.3) is 5.89 Å². The molecule has 5 nitrogen and oxygen atoms in total. The number of ether oxygens (including phenoxy) is 1. The summed E-state index contributed by atoms with van der Waals surface area (Å²) in [6.07, 6.45) is 3.55. The van der Waals surface area contributed by atoms with Gasteiger partial charge in [-0.25, -0.2) is 0 Å². The van der Waals surface area contributed by atoms with Gasteiger partial charge in [-0.15, -0.1) is 10.2 Å². The van der Waals surface area contributed by atoms with Gasteiger partial charge in [0.1, 0.15) is 5.69 Å².